The van der Waals surface area contributed by atoms with E-state index in [1.807, 2.05) is 0 Å². The van der Waals surface area contributed by atoms with Crippen LogP contribution in [-0.2, 0) is 4.74 Å². The molecule has 0 unspecified atom stereocenters. The highest BCUT2D eigenvalue weighted by Crippen LogP contribution is 2.25. The molecule has 6 nitrogen and oxygen atoms in total. The molecular formula is C18H29NO5. The van der Waals surface area contributed by atoms with Gasteiger partial charge in [0, 0.05) is 12.7 Å². The third-order valence-electron chi connectivity index (χ3n) is 3.70. The molecule has 1 aromatic carbocycles. The molecule has 0 fully saturated rings. The number of hydrogen-bond donors (Lipinski definition) is 1. The highest BCUT2D eigenvalue weighted by molar-refractivity contribution is 5.45. The van der Waals surface area contributed by atoms with Crippen LogP contribution in [0.4, 0.5) is 5.69 Å². The van der Waals surface area contributed by atoms with Gasteiger partial charge in [0.2, 0.25) is 0 Å². The monoisotopic (exact) mass is 339 g/mol. The Morgan fingerprint density at radius 3 is 2.46 bits per heavy atom. The second kappa shape index (κ2) is 12.7. The second-order valence-electron chi connectivity index (χ2n) is 5.89. The van der Waals surface area contributed by atoms with E-state index < -0.39 is 11.0 Å². The lowest BCUT2D eigenvalue weighted by molar-refractivity contribution is -0.385. The fourth-order valence-electron chi connectivity index (χ4n) is 2.34. The zero-order valence-electron chi connectivity index (χ0n) is 14.5. The van der Waals surface area contributed by atoms with Gasteiger partial charge in [-0.25, -0.2) is 0 Å². The van der Waals surface area contributed by atoms with E-state index >= 15 is 0 Å². The van der Waals surface area contributed by atoms with Crippen LogP contribution in [0, 0.1) is 10.1 Å². The van der Waals surface area contributed by atoms with Gasteiger partial charge in [-0.15, -0.1) is 0 Å². The van der Waals surface area contributed by atoms with Crippen molar-refractivity contribution in [3.05, 3.63) is 34.4 Å². The van der Waals surface area contributed by atoms with Gasteiger partial charge in [-0.2, -0.15) is 0 Å². The van der Waals surface area contributed by atoms with Crippen LogP contribution < -0.4 is 4.74 Å². The van der Waals surface area contributed by atoms with Gasteiger partial charge in [-0.05, 0) is 12.5 Å². The lowest BCUT2D eigenvalue weighted by Gasteiger charge is -2.13. The summed E-state index contributed by atoms with van der Waals surface area (Å²) < 4.78 is 10.7. The van der Waals surface area contributed by atoms with Crippen molar-refractivity contribution in [2.24, 2.45) is 0 Å². The molecule has 1 rings (SSSR count). The molecule has 0 aromatic heterocycles. The summed E-state index contributed by atoms with van der Waals surface area (Å²) in [6.07, 6.45) is 7.72. The summed E-state index contributed by atoms with van der Waals surface area (Å²) in [5, 5.41) is 20.7. The van der Waals surface area contributed by atoms with Crippen molar-refractivity contribution in [2.75, 3.05) is 19.8 Å². The molecule has 6 heteroatoms. The maximum atomic E-state index is 10.9. The number of nitrogens with zero attached hydrogens (tertiary/aromatic N) is 1. The number of unbranched alkanes of at least 4 members (excludes halogenated alkanes) is 6. The van der Waals surface area contributed by atoms with Crippen molar-refractivity contribution in [1.82, 2.24) is 0 Å². The molecular weight excluding hydrogens is 310 g/mol. The van der Waals surface area contributed by atoms with Crippen molar-refractivity contribution < 1.29 is 19.5 Å². The zero-order valence-corrected chi connectivity index (χ0v) is 14.5. The van der Waals surface area contributed by atoms with Crippen molar-refractivity contribution >= 4 is 5.69 Å². The molecule has 0 saturated carbocycles. The number of benzene rings is 1. The summed E-state index contributed by atoms with van der Waals surface area (Å²) in [4.78, 5) is 10.4. The van der Waals surface area contributed by atoms with Crippen molar-refractivity contribution in [3.8, 4) is 5.75 Å². The van der Waals surface area contributed by atoms with Gasteiger partial charge in [0.1, 0.15) is 12.7 Å². The van der Waals surface area contributed by atoms with E-state index in [1.54, 1.807) is 12.1 Å². The first-order valence-electron chi connectivity index (χ1n) is 8.77. The standard InChI is InChI=1S/C18H29NO5/c1-2-3-4-5-6-7-10-13-23-14-16(20)15-24-18-12-9-8-11-17(18)19(21)22/h8-9,11-12,16,20H,2-7,10,13-15H2,1H3/t16-/m0/s1. The van der Waals surface area contributed by atoms with Gasteiger partial charge < -0.3 is 14.6 Å². The minimum atomic E-state index is -0.797. The molecule has 1 atom stereocenters. The number of aliphatic hydroxyl groups excluding tert-OH is 1. The molecule has 1 N–H and O–H groups in total. The Morgan fingerprint density at radius 1 is 1.08 bits per heavy atom. The summed E-state index contributed by atoms with van der Waals surface area (Å²) in [6, 6.07) is 6.13. The normalized spacial score (nSPS) is 12.1. The summed E-state index contributed by atoms with van der Waals surface area (Å²) in [5.41, 5.74) is -0.103. The Labute approximate surface area is 143 Å². The highest BCUT2D eigenvalue weighted by Gasteiger charge is 2.15. The molecule has 0 aliphatic carbocycles. The van der Waals surface area contributed by atoms with Gasteiger partial charge >= 0.3 is 5.69 Å². The molecule has 0 bridgehead atoms. The van der Waals surface area contributed by atoms with Crippen LogP contribution >= 0.6 is 0 Å². The van der Waals surface area contributed by atoms with Crippen LogP contribution in [0.25, 0.3) is 0 Å². The maximum absolute atomic E-state index is 10.9. The number of nitro groups is 1. The van der Waals surface area contributed by atoms with Gasteiger partial charge in [-0.1, -0.05) is 57.6 Å². The lowest BCUT2D eigenvalue weighted by Crippen LogP contribution is -2.24. The summed E-state index contributed by atoms with van der Waals surface area (Å²) in [6.45, 7) is 2.98. The van der Waals surface area contributed by atoms with E-state index in [9.17, 15) is 15.2 Å². The molecule has 0 saturated heterocycles. The van der Waals surface area contributed by atoms with Gasteiger partial charge in [0.25, 0.3) is 0 Å². The average Bonchev–Trinajstić information content (AvgIpc) is 2.58. The van der Waals surface area contributed by atoms with Crippen molar-refractivity contribution in [2.45, 2.75) is 58.0 Å². The number of hydrogen-bond acceptors (Lipinski definition) is 5. The first-order valence-corrected chi connectivity index (χ1v) is 8.77. The minimum absolute atomic E-state index is 0.0259. The van der Waals surface area contributed by atoms with Gasteiger partial charge in [-0.3, -0.25) is 10.1 Å². The number of para-hydroxylation sites is 2. The summed E-state index contributed by atoms with van der Waals surface area (Å²) in [7, 11) is 0. The third kappa shape index (κ3) is 8.84. The largest absolute Gasteiger partial charge is 0.484 e. The Balaban J connectivity index is 2.08. The van der Waals surface area contributed by atoms with E-state index in [0.717, 1.165) is 12.8 Å². The topological polar surface area (TPSA) is 81.8 Å². The predicted molar refractivity (Wildman–Crippen MR) is 93.4 cm³/mol. The second-order valence-corrected chi connectivity index (χ2v) is 5.89. The highest BCUT2D eigenvalue weighted by atomic mass is 16.6. The quantitative estimate of drug-likeness (QED) is 0.313. The first kappa shape index (κ1) is 20.4. The van der Waals surface area contributed by atoms with Gasteiger partial charge in [0.05, 0.1) is 11.5 Å². The molecule has 24 heavy (non-hydrogen) atoms. The molecule has 0 radical (unpaired) electrons. The number of rotatable bonds is 14. The van der Waals surface area contributed by atoms with Crippen LogP contribution in [0.5, 0.6) is 5.75 Å². The van der Waals surface area contributed by atoms with Crippen LogP contribution in [0.15, 0.2) is 24.3 Å². The third-order valence-corrected chi connectivity index (χ3v) is 3.70. The molecule has 0 aliphatic heterocycles. The number of nitro benzene ring substituents is 1. The predicted octanol–water partition coefficient (Wildman–Crippen LogP) is 4.10. The Kier molecular flexibility index (Phi) is 10.8. The summed E-state index contributed by atoms with van der Waals surface area (Å²) >= 11 is 0. The smallest absolute Gasteiger partial charge is 0.310 e. The lowest BCUT2D eigenvalue weighted by atomic mass is 10.1. The van der Waals surface area contributed by atoms with Crippen LogP contribution in [0.2, 0.25) is 0 Å². The van der Waals surface area contributed by atoms with E-state index in [4.69, 9.17) is 9.47 Å². The molecule has 0 spiro atoms. The van der Waals surface area contributed by atoms with E-state index in [0.29, 0.717) is 6.61 Å². The summed E-state index contributed by atoms with van der Waals surface area (Å²) in [5.74, 6) is 0.161. The fraction of sp³-hybridized carbons (Fsp3) is 0.667. The fourth-order valence-corrected chi connectivity index (χ4v) is 2.34. The maximum Gasteiger partial charge on any atom is 0.310 e. The molecule has 0 aliphatic rings. The van der Waals surface area contributed by atoms with E-state index in [-0.39, 0.29) is 24.7 Å². The number of ether oxygens (including phenoxy) is 2. The van der Waals surface area contributed by atoms with Crippen LogP contribution in [0.1, 0.15) is 51.9 Å². The molecule has 0 amide bonds. The van der Waals surface area contributed by atoms with Crippen molar-refractivity contribution in [3.63, 3.8) is 0 Å². The Morgan fingerprint density at radius 2 is 1.75 bits per heavy atom. The minimum Gasteiger partial charge on any atom is -0.484 e. The molecule has 1 aromatic rings. The van der Waals surface area contributed by atoms with Crippen LogP contribution in [0.3, 0.4) is 0 Å². The molecule has 136 valence electrons. The van der Waals surface area contributed by atoms with E-state index in [1.165, 1.54) is 44.2 Å². The Bertz CT molecular complexity index is 466. The average molecular weight is 339 g/mol. The van der Waals surface area contributed by atoms with Gasteiger partial charge in [0.15, 0.2) is 5.75 Å². The molecule has 0 heterocycles. The van der Waals surface area contributed by atoms with E-state index in [2.05, 4.69) is 6.92 Å². The first-order chi connectivity index (χ1) is 11.6. The Hall–Kier alpha value is -1.66. The number of aliphatic hydroxyl groups is 1. The zero-order chi connectivity index (χ0) is 17.6. The SMILES string of the molecule is CCCCCCCCCOC[C@H](O)COc1ccccc1[N+](=O)[O-]. The van der Waals surface area contributed by atoms with Crippen LogP contribution in [-0.4, -0.2) is 36.0 Å². The van der Waals surface area contributed by atoms with Crippen molar-refractivity contribution in [1.29, 1.82) is 0 Å².